The van der Waals surface area contributed by atoms with Gasteiger partial charge in [0, 0.05) is 18.3 Å². The minimum absolute atomic E-state index is 0.421. The van der Waals surface area contributed by atoms with E-state index in [2.05, 4.69) is 15.6 Å². The van der Waals surface area contributed by atoms with Gasteiger partial charge in [-0.25, -0.2) is 4.98 Å². The van der Waals surface area contributed by atoms with Crippen LogP contribution in [-0.2, 0) is 0 Å². The molecule has 1 atom stereocenters. The number of primary amides is 1. The average Bonchev–Trinajstić information content (AvgIpc) is 2.38. The largest absolute Gasteiger partial charge is 0.370 e. The fourth-order valence-corrected chi connectivity index (χ4v) is 2.03. The molecule has 0 radical (unpaired) electrons. The van der Waals surface area contributed by atoms with Crippen molar-refractivity contribution in [1.82, 2.24) is 10.3 Å². The molecule has 1 amide bonds. The zero-order valence-corrected chi connectivity index (χ0v) is 9.78. The van der Waals surface area contributed by atoms with Crippen LogP contribution >= 0.6 is 0 Å². The SMILES string of the molecule is NC(=O)c1ccnc(NCC2CCCNC2)c1. The van der Waals surface area contributed by atoms with E-state index in [0.717, 1.165) is 19.6 Å². The maximum atomic E-state index is 11.0. The monoisotopic (exact) mass is 234 g/mol. The third kappa shape index (κ3) is 3.42. The summed E-state index contributed by atoms with van der Waals surface area (Å²) in [4.78, 5) is 15.2. The standard InChI is InChI=1S/C12H18N4O/c13-12(17)10-3-5-15-11(6-10)16-8-9-2-1-4-14-7-9/h3,5-6,9,14H,1-2,4,7-8H2,(H2,13,17)(H,15,16). The van der Waals surface area contributed by atoms with E-state index in [-0.39, 0.29) is 0 Å². The molecule has 1 aromatic rings. The summed E-state index contributed by atoms with van der Waals surface area (Å²) in [6.07, 6.45) is 4.05. The third-order valence-electron chi connectivity index (χ3n) is 3.02. The molecule has 1 unspecified atom stereocenters. The van der Waals surface area contributed by atoms with E-state index in [1.807, 2.05) is 0 Å². The number of amides is 1. The van der Waals surface area contributed by atoms with Crippen LogP contribution in [0.1, 0.15) is 23.2 Å². The lowest BCUT2D eigenvalue weighted by atomic mass is 10.00. The van der Waals surface area contributed by atoms with Crippen molar-refractivity contribution in [2.45, 2.75) is 12.8 Å². The molecule has 17 heavy (non-hydrogen) atoms. The molecule has 0 spiro atoms. The van der Waals surface area contributed by atoms with Crippen LogP contribution in [0.5, 0.6) is 0 Å². The van der Waals surface area contributed by atoms with Crippen molar-refractivity contribution in [3.8, 4) is 0 Å². The van der Waals surface area contributed by atoms with E-state index in [0.29, 0.717) is 17.3 Å². The smallest absolute Gasteiger partial charge is 0.248 e. The number of carbonyl (C=O) groups excluding carboxylic acids is 1. The van der Waals surface area contributed by atoms with Crippen LogP contribution in [0.15, 0.2) is 18.3 Å². The zero-order valence-electron chi connectivity index (χ0n) is 9.78. The van der Waals surface area contributed by atoms with Gasteiger partial charge in [0.2, 0.25) is 5.91 Å². The summed E-state index contributed by atoms with van der Waals surface area (Å²) in [7, 11) is 0. The number of nitrogens with zero attached hydrogens (tertiary/aromatic N) is 1. The summed E-state index contributed by atoms with van der Waals surface area (Å²) in [5.41, 5.74) is 5.71. The number of hydrogen-bond donors (Lipinski definition) is 3. The molecule has 1 saturated heterocycles. The molecule has 1 fully saturated rings. The third-order valence-corrected chi connectivity index (χ3v) is 3.02. The Morgan fingerprint density at radius 1 is 1.65 bits per heavy atom. The second-order valence-electron chi connectivity index (χ2n) is 4.39. The van der Waals surface area contributed by atoms with Crippen LogP contribution in [0.3, 0.4) is 0 Å². The van der Waals surface area contributed by atoms with Crippen molar-refractivity contribution in [3.63, 3.8) is 0 Å². The van der Waals surface area contributed by atoms with Crippen LogP contribution < -0.4 is 16.4 Å². The molecule has 1 aliphatic rings. The highest BCUT2D eigenvalue weighted by atomic mass is 16.1. The first kappa shape index (κ1) is 11.9. The minimum Gasteiger partial charge on any atom is -0.370 e. The van der Waals surface area contributed by atoms with Crippen molar-refractivity contribution in [2.24, 2.45) is 11.7 Å². The first-order chi connectivity index (χ1) is 8.25. The summed E-state index contributed by atoms with van der Waals surface area (Å²) < 4.78 is 0. The van der Waals surface area contributed by atoms with E-state index in [9.17, 15) is 4.79 Å². The van der Waals surface area contributed by atoms with Gasteiger partial charge < -0.3 is 16.4 Å². The number of anilines is 1. The summed E-state index contributed by atoms with van der Waals surface area (Å²) in [6, 6.07) is 3.31. The topological polar surface area (TPSA) is 80.0 Å². The predicted molar refractivity (Wildman–Crippen MR) is 66.8 cm³/mol. The van der Waals surface area contributed by atoms with Crippen molar-refractivity contribution < 1.29 is 4.79 Å². The first-order valence-electron chi connectivity index (χ1n) is 5.96. The lowest BCUT2D eigenvalue weighted by molar-refractivity contribution is 0.1000. The minimum atomic E-state index is -0.421. The Hall–Kier alpha value is -1.62. The maximum absolute atomic E-state index is 11.0. The summed E-state index contributed by atoms with van der Waals surface area (Å²) >= 11 is 0. The molecule has 92 valence electrons. The number of carbonyl (C=O) groups is 1. The van der Waals surface area contributed by atoms with Gasteiger partial charge in [0.1, 0.15) is 5.82 Å². The predicted octanol–water partition coefficient (Wildman–Crippen LogP) is 0.592. The zero-order chi connectivity index (χ0) is 12.1. The van der Waals surface area contributed by atoms with Gasteiger partial charge in [-0.1, -0.05) is 0 Å². The second kappa shape index (κ2) is 5.63. The van der Waals surface area contributed by atoms with Crippen LogP contribution in [0.4, 0.5) is 5.82 Å². The highest BCUT2D eigenvalue weighted by Crippen LogP contribution is 2.12. The Bertz CT molecular complexity index is 388. The van der Waals surface area contributed by atoms with Gasteiger partial charge in [-0.05, 0) is 44.0 Å². The molecule has 1 aliphatic heterocycles. The van der Waals surface area contributed by atoms with E-state index < -0.39 is 5.91 Å². The molecule has 5 heteroatoms. The van der Waals surface area contributed by atoms with Gasteiger partial charge >= 0.3 is 0 Å². The maximum Gasteiger partial charge on any atom is 0.248 e. The fourth-order valence-electron chi connectivity index (χ4n) is 2.03. The Kier molecular flexibility index (Phi) is 3.93. The van der Waals surface area contributed by atoms with Crippen LogP contribution in [0.2, 0.25) is 0 Å². The number of rotatable bonds is 4. The number of piperidine rings is 1. The van der Waals surface area contributed by atoms with Crippen LogP contribution in [0.25, 0.3) is 0 Å². The fraction of sp³-hybridized carbons (Fsp3) is 0.500. The highest BCUT2D eigenvalue weighted by molar-refractivity contribution is 5.93. The molecule has 0 saturated carbocycles. The molecule has 4 N–H and O–H groups in total. The van der Waals surface area contributed by atoms with Crippen molar-refractivity contribution in [3.05, 3.63) is 23.9 Å². The molecular formula is C12H18N4O. The van der Waals surface area contributed by atoms with Gasteiger partial charge in [0.05, 0.1) is 0 Å². The van der Waals surface area contributed by atoms with E-state index >= 15 is 0 Å². The molecule has 2 rings (SSSR count). The van der Waals surface area contributed by atoms with Crippen molar-refractivity contribution >= 4 is 11.7 Å². The van der Waals surface area contributed by atoms with E-state index in [1.165, 1.54) is 12.8 Å². The van der Waals surface area contributed by atoms with Crippen molar-refractivity contribution in [2.75, 3.05) is 25.0 Å². The molecule has 0 bridgehead atoms. The van der Waals surface area contributed by atoms with Gasteiger partial charge in [-0.3, -0.25) is 4.79 Å². The number of hydrogen-bond acceptors (Lipinski definition) is 4. The molecule has 0 aliphatic carbocycles. The van der Waals surface area contributed by atoms with Gasteiger partial charge in [0.25, 0.3) is 0 Å². The van der Waals surface area contributed by atoms with Gasteiger partial charge in [0.15, 0.2) is 0 Å². The molecule has 5 nitrogen and oxygen atoms in total. The molecule has 1 aromatic heterocycles. The normalized spacial score (nSPS) is 19.9. The van der Waals surface area contributed by atoms with E-state index in [1.54, 1.807) is 18.3 Å². The summed E-state index contributed by atoms with van der Waals surface area (Å²) in [6.45, 7) is 3.04. The molecule has 2 heterocycles. The number of nitrogens with two attached hydrogens (primary N) is 1. The first-order valence-corrected chi connectivity index (χ1v) is 5.96. The second-order valence-corrected chi connectivity index (χ2v) is 4.39. The van der Waals surface area contributed by atoms with Gasteiger partial charge in [-0.15, -0.1) is 0 Å². The Morgan fingerprint density at radius 2 is 2.53 bits per heavy atom. The average molecular weight is 234 g/mol. The Balaban J connectivity index is 1.89. The molecular weight excluding hydrogens is 216 g/mol. The summed E-state index contributed by atoms with van der Waals surface area (Å²) in [5.74, 6) is 0.921. The highest BCUT2D eigenvalue weighted by Gasteiger charge is 2.12. The Morgan fingerprint density at radius 3 is 3.24 bits per heavy atom. The lowest BCUT2D eigenvalue weighted by Gasteiger charge is -2.23. The lowest BCUT2D eigenvalue weighted by Crippen LogP contribution is -2.33. The van der Waals surface area contributed by atoms with Crippen LogP contribution in [0, 0.1) is 5.92 Å². The van der Waals surface area contributed by atoms with Crippen molar-refractivity contribution in [1.29, 1.82) is 0 Å². The number of aromatic nitrogens is 1. The van der Waals surface area contributed by atoms with E-state index in [4.69, 9.17) is 5.73 Å². The number of nitrogens with one attached hydrogen (secondary N) is 2. The summed E-state index contributed by atoms with van der Waals surface area (Å²) in [5, 5.41) is 6.62. The number of pyridine rings is 1. The molecule has 0 aromatic carbocycles. The van der Waals surface area contributed by atoms with Crippen LogP contribution in [-0.4, -0.2) is 30.5 Å². The Labute approximate surface area is 101 Å². The quantitative estimate of drug-likeness (QED) is 0.712. The van der Waals surface area contributed by atoms with Gasteiger partial charge in [-0.2, -0.15) is 0 Å².